The fourth-order valence-electron chi connectivity index (χ4n) is 2.84. The van der Waals surface area contributed by atoms with E-state index in [1.807, 2.05) is 24.3 Å². The van der Waals surface area contributed by atoms with Crippen molar-refractivity contribution in [2.24, 2.45) is 0 Å². The van der Waals surface area contributed by atoms with Gasteiger partial charge in [-0.1, -0.05) is 48.5 Å². The Hall–Kier alpha value is -2.50. The van der Waals surface area contributed by atoms with Crippen LogP contribution in [0.2, 0.25) is 0 Å². The Morgan fingerprint density at radius 2 is 1.81 bits per heavy atom. The highest BCUT2D eigenvalue weighted by molar-refractivity contribution is 7.10. The first kappa shape index (κ1) is 18.3. The van der Waals surface area contributed by atoms with Crippen LogP contribution in [0.4, 0.5) is 4.39 Å². The highest BCUT2D eigenvalue weighted by Crippen LogP contribution is 2.22. The van der Waals surface area contributed by atoms with Gasteiger partial charge in [0.1, 0.15) is 11.9 Å². The molecule has 1 aromatic heterocycles. The molecule has 0 spiro atoms. The lowest BCUT2D eigenvalue weighted by atomic mass is 10.1. The summed E-state index contributed by atoms with van der Waals surface area (Å²) in [5.74, 6) is -0.238. The van der Waals surface area contributed by atoms with E-state index in [2.05, 4.69) is 34.2 Å². The minimum atomic E-state index is -0.243. The largest absolute Gasteiger partial charge is 0.351 e. The number of carbonyl (C=O) groups is 1. The molecule has 0 aliphatic carbocycles. The van der Waals surface area contributed by atoms with Crippen LogP contribution in [0, 0.1) is 5.82 Å². The Morgan fingerprint density at radius 3 is 2.50 bits per heavy atom. The van der Waals surface area contributed by atoms with Gasteiger partial charge in [0, 0.05) is 12.1 Å². The number of nitrogens with two attached hydrogens (primary N) is 1. The number of halogens is 1. The number of quaternary nitrogens is 1. The van der Waals surface area contributed by atoms with Gasteiger partial charge in [-0.2, -0.15) is 0 Å². The van der Waals surface area contributed by atoms with Crippen molar-refractivity contribution in [3.8, 4) is 0 Å². The number of benzene rings is 2. The highest BCUT2D eigenvalue weighted by Gasteiger charge is 2.19. The summed E-state index contributed by atoms with van der Waals surface area (Å²) in [4.78, 5) is 13.4. The number of hydrogen-bond donors (Lipinski definition) is 2. The molecule has 0 fully saturated rings. The van der Waals surface area contributed by atoms with Gasteiger partial charge in [0.2, 0.25) is 0 Å². The van der Waals surface area contributed by atoms with E-state index in [9.17, 15) is 9.18 Å². The van der Waals surface area contributed by atoms with Crippen LogP contribution < -0.4 is 10.6 Å². The third-order valence-corrected chi connectivity index (χ3v) is 5.15. The van der Waals surface area contributed by atoms with E-state index in [0.717, 1.165) is 5.56 Å². The second-order valence-electron chi connectivity index (χ2n) is 6.07. The molecule has 3 rings (SSSR count). The number of carbonyl (C=O) groups excluding carboxylic acids is 1. The second kappa shape index (κ2) is 9.27. The number of rotatable bonds is 8. The Kier molecular flexibility index (Phi) is 6.52. The molecule has 0 saturated carbocycles. The lowest BCUT2D eigenvalue weighted by Crippen LogP contribution is -2.87. The predicted octanol–water partition coefficient (Wildman–Crippen LogP) is 2.90. The number of nitrogens with one attached hydrogen (secondary N) is 1. The third-order valence-electron chi connectivity index (χ3n) is 4.20. The van der Waals surface area contributed by atoms with Gasteiger partial charge >= 0.3 is 0 Å². The number of amides is 1. The summed E-state index contributed by atoms with van der Waals surface area (Å²) in [6.45, 7) is 0.911. The summed E-state index contributed by atoms with van der Waals surface area (Å²) in [6.07, 6.45) is 0.694. The molecular weight excluding hydrogens is 347 g/mol. The Balaban J connectivity index is 1.50. The summed E-state index contributed by atoms with van der Waals surface area (Å²) in [7, 11) is 0. The monoisotopic (exact) mass is 369 g/mol. The number of thiophene rings is 1. The normalized spacial score (nSPS) is 11.9. The van der Waals surface area contributed by atoms with Gasteiger partial charge < -0.3 is 10.6 Å². The van der Waals surface area contributed by atoms with E-state index in [1.54, 1.807) is 23.5 Å². The molecule has 1 amide bonds. The van der Waals surface area contributed by atoms with Crippen LogP contribution in [-0.2, 0) is 11.2 Å². The molecule has 1 heterocycles. The van der Waals surface area contributed by atoms with Crippen LogP contribution in [0.25, 0.3) is 0 Å². The Morgan fingerprint density at radius 1 is 1.04 bits per heavy atom. The molecule has 3 aromatic rings. The molecule has 0 aliphatic heterocycles. The van der Waals surface area contributed by atoms with Crippen molar-refractivity contribution in [3.05, 3.63) is 93.9 Å². The minimum Gasteiger partial charge on any atom is -0.351 e. The fraction of sp³-hybridized carbons (Fsp3) is 0.190. The quantitative estimate of drug-likeness (QED) is 0.630. The SMILES string of the molecule is O=C(C[NH2+][C@@H](c1ccccc1)c1cccs1)NCCc1ccc(F)cc1. The number of hydrogen-bond acceptors (Lipinski definition) is 2. The maximum Gasteiger partial charge on any atom is 0.275 e. The van der Waals surface area contributed by atoms with Crippen molar-refractivity contribution in [1.29, 1.82) is 0 Å². The maximum atomic E-state index is 12.9. The molecule has 0 saturated heterocycles. The zero-order chi connectivity index (χ0) is 18.2. The van der Waals surface area contributed by atoms with Crippen LogP contribution in [0.3, 0.4) is 0 Å². The molecule has 134 valence electrons. The van der Waals surface area contributed by atoms with E-state index in [0.29, 0.717) is 19.5 Å². The van der Waals surface area contributed by atoms with Gasteiger partial charge in [-0.15, -0.1) is 11.3 Å². The molecule has 3 N–H and O–H groups in total. The third kappa shape index (κ3) is 5.25. The van der Waals surface area contributed by atoms with Gasteiger partial charge in [-0.25, -0.2) is 4.39 Å². The maximum absolute atomic E-state index is 12.9. The molecule has 0 unspecified atom stereocenters. The fourth-order valence-corrected chi connectivity index (χ4v) is 3.69. The van der Waals surface area contributed by atoms with Crippen molar-refractivity contribution in [3.63, 3.8) is 0 Å². The van der Waals surface area contributed by atoms with Crippen molar-refractivity contribution < 1.29 is 14.5 Å². The molecule has 1 atom stereocenters. The summed E-state index contributed by atoms with van der Waals surface area (Å²) in [6, 6.07) is 20.9. The summed E-state index contributed by atoms with van der Waals surface area (Å²) < 4.78 is 12.9. The van der Waals surface area contributed by atoms with Crippen LogP contribution >= 0.6 is 11.3 Å². The van der Waals surface area contributed by atoms with Crippen molar-refractivity contribution in [2.45, 2.75) is 12.5 Å². The van der Waals surface area contributed by atoms with E-state index in [-0.39, 0.29) is 17.8 Å². The topological polar surface area (TPSA) is 45.7 Å². The van der Waals surface area contributed by atoms with Gasteiger partial charge in [0.25, 0.3) is 5.91 Å². The predicted molar refractivity (Wildman–Crippen MR) is 103 cm³/mol. The van der Waals surface area contributed by atoms with E-state index < -0.39 is 0 Å². The van der Waals surface area contributed by atoms with Crippen LogP contribution in [0.5, 0.6) is 0 Å². The standard InChI is InChI=1S/C21H21FN2OS/c22-18-10-8-16(9-11-18)12-13-23-20(25)15-24-21(19-7-4-14-26-19)17-5-2-1-3-6-17/h1-11,14,21,24H,12-13,15H2,(H,23,25)/p+1/t21-/m0/s1. The first-order chi connectivity index (χ1) is 12.7. The molecule has 26 heavy (non-hydrogen) atoms. The highest BCUT2D eigenvalue weighted by atomic mass is 32.1. The van der Waals surface area contributed by atoms with Crippen LogP contribution in [0.15, 0.2) is 72.1 Å². The van der Waals surface area contributed by atoms with Crippen molar-refractivity contribution in [2.75, 3.05) is 13.1 Å². The molecule has 0 aliphatic rings. The average molecular weight is 369 g/mol. The molecule has 5 heteroatoms. The van der Waals surface area contributed by atoms with Gasteiger partial charge in [-0.3, -0.25) is 4.79 Å². The lowest BCUT2D eigenvalue weighted by Gasteiger charge is -2.14. The Bertz CT molecular complexity index is 804. The minimum absolute atomic E-state index is 0.00426. The van der Waals surface area contributed by atoms with E-state index >= 15 is 0 Å². The molecule has 2 aromatic carbocycles. The summed E-state index contributed by atoms with van der Waals surface area (Å²) in [5, 5.41) is 7.06. The molecular formula is C21H22FN2OS+. The average Bonchev–Trinajstić information content (AvgIpc) is 3.19. The first-order valence-corrected chi connectivity index (χ1v) is 9.53. The first-order valence-electron chi connectivity index (χ1n) is 8.65. The van der Waals surface area contributed by atoms with Crippen LogP contribution in [-0.4, -0.2) is 19.0 Å². The van der Waals surface area contributed by atoms with Crippen molar-refractivity contribution >= 4 is 17.2 Å². The Labute approximate surface area is 156 Å². The second-order valence-corrected chi connectivity index (χ2v) is 7.05. The van der Waals surface area contributed by atoms with Crippen LogP contribution in [0.1, 0.15) is 22.0 Å². The smallest absolute Gasteiger partial charge is 0.275 e. The summed E-state index contributed by atoms with van der Waals surface area (Å²) >= 11 is 1.70. The van der Waals surface area contributed by atoms with Gasteiger partial charge in [-0.05, 0) is 35.6 Å². The zero-order valence-corrected chi connectivity index (χ0v) is 15.2. The van der Waals surface area contributed by atoms with Gasteiger partial charge in [0.05, 0.1) is 4.88 Å². The summed E-state index contributed by atoms with van der Waals surface area (Å²) in [5.41, 5.74) is 2.20. The van der Waals surface area contributed by atoms with E-state index in [4.69, 9.17) is 0 Å². The lowest BCUT2D eigenvalue weighted by molar-refractivity contribution is -0.676. The van der Waals surface area contributed by atoms with E-state index in [1.165, 1.54) is 22.6 Å². The zero-order valence-electron chi connectivity index (χ0n) is 14.4. The molecule has 3 nitrogen and oxygen atoms in total. The van der Waals surface area contributed by atoms with Gasteiger partial charge in [0.15, 0.2) is 6.54 Å². The molecule has 0 radical (unpaired) electrons. The van der Waals surface area contributed by atoms with Crippen molar-refractivity contribution in [1.82, 2.24) is 5.32 Å². The molecule has 0 bridgehead atoms.